The second-order valence-corrected chi connectivity index (χ2v) is 10.0. The van der Waals surface area contributed by atoms with Crippen molar-refractivity contribution in [3.05, 3.63) is 64.5 Å². The average Bonchev–Trinajstić information content (AvgIpc) is 3.17. The van der Waals surface area contributed by atoms with Crippen LogP contribution in [0.1, 0.15) is 53.4 Å². The van der Waals surface area contributed by atoms with Crippen molar-refractivity contribution >= 4 is 10.0 Å². The predicted molar refractivity (Wildman–Crippen MR) is 116 cm³/mol. The van der Waals surface area contributed by atoms with Crippen LogP contribution in [0.15, 0.2) is 45.8 Å². The third kappa shape index (κ3) is 3.79. The van der Waals surface area contributed by atoms with Gasteiger partial charge in [-0.15, -0.1) is 0 Å². The van der Waals surface area contributed by atoms with E-state index in [1.807, 2.05) is 64.1 Å². The molecule has 1 saturated heterocycles. The molecule has 0 amide bonds. The quantitative estimate of drug-likeness (QED) is 0.595. The van der Waals surface area contributed by atoms with Crippen molar-refractivity contribution in [3.63, 3.8) is 0 Å². The van der Waals surface area contributed by atoms with Crippen LogP contribution in [-0.4, -0.2) is 29.4 Å². The summed E-state index contributed by atoms with van der Waals surface area (Å²) in [5.74, 6) is 0.840. The molecule has 0 radical (unpaired) electrons. The van der Waals surface area contributed by atoms with E-state index in [9.17, 15) is 8.42 Å². The second kappa shape index (κ2) is 7.96. The van der Waals surface area contributed by atoms with E-state index >= 15 is 0 Å². The van der Waals surface area contributed by atoms with E-state index in [0.29, 0.717) is 29.6 Å². The molecule has 0 N–H and O–H groups in total. The highest BCUT2D eigenvalue weighted by Gasteiger charge is 2.39. The third-order valence-corrected chi connectivity index (χ3v) is 7.88. The fraction of sp³-hybridized carbons (Fsp3) is 0.391. The zero-order valence-electron chi connectivity index (χ0n) is 17.8. The molecule has 158 valence electrons. The normalized spacial score (nSPS) is 17.9. The summed E-state index contributed by atoms with van der Waals surface area (Å²) in [6, 6.07) is 11.3. The Morgan fingerprint density at radius 1 is 0.967 bits per heavy atom. The first-order chi connectivity index (χ1) is 14.3. The minimum Gasteiger partial charge on any atom is -0.337 e. The van der Waals surface area contributed by atoms with Gasteiger partial charge in [-0.3, -0.25) is 0 Å². The molecule has 1 unspecified atom stereocenters. The first kappa shape index (κ1) is 20.8. The Bertz CT molecular complexity index is 1140. The number of aromatic nitrogens is 2. The summed E-state index contributed by atoms with van der Waals surface area (Å²) < 4.78 is 34.5. The Morgan fingerprint density at radius 2 is 1.63 bits per heavy atom. The standard InChI is InChI=1S/C23H27N3O3S/c1-15-8-10-19(11-9-15)22-24-23(29-25-22)20-7-5-6-12-26(20)30(27,28)21-17(3)13-16(2)14-18(21)4/h8-11,13-14,20H,5-7,12H2,1-4H3. The molecule has 7 heteroatoms. The lowest BCUT2D eigenvalue weighted by Gasteiger charge is -2.33. The molecule has 0 aliphatic carbocycles. The number of sulfonamides is 1. The molecule has 2 aromatic carbocycles. The molecule has 1 fully saturated rings. The Hall–Kier alpha value is -2.51. The van der Waals surface area contributed by atoms with E-state index in [4.69, 9.17) is 4.52 Å². The van der Waals surface area contributed by atoms with E-state index in [1.54, 1.807) is 4.31 Å². The van der Waals surface area contributed by atoms with Crippen LogP contribution in [0.25, 0.3) is 11.4 Å². The van der Waals surface area contributed by atoms with E-state index in [1.165, 1.54) is 0 Å². The lowest BCUT2D eigenvalue weighted by molar-refractivity contribution is 0.204. The number of nitrogens with zero attached hydrogens (tertiary/aromatic N) is 3. The number of hydrogen-bond donors (Lipinski definition) is 0. The van der Waals surface area contributed by atoms with Gasteiger partial charge in [-0.05, 0) is 51.7 Å². The highest BCUT2D eigenvalue weighted by Crippen LogP contribution is 2.37. The number of aryl methyl sites for hydroxylation is 4. The van der Waals surface area contributed by atoms with Gasteiger partial charge in [0.05, 0.1) is 4.90 Å². The molecule has 6 nitrogen and oxygen atoms in total. The average molecular weight is 426 g/mol. The van der Waals surface area contributed by atoms with Crippen LogP contribution in [0, 0.1) is 27.7 Å². The van der Waals surface area contributed by atoms with Gasteiger partial charge in [-0.25, -0.2) is 8.42 Å². The molecule has 2 heterocycles. The number of piperidine rings is 1. The molecule has 0 spiro atoms. The largest absolute Gasteiger partial charge is 0.337 e. The number of benzene rings is 2. The molecular formula is C23H27N3O3S. The minimum absolute atomic E-state index is 0.358. The van der Waals surface area contributed by atoms with Crippen LogP contribution in [0.5, 0.6) is 0 Å². The summed E-state index contributed by atoms with van der Waals surface area (Å²) in [4.78, 5) is 4.95. The van der Waals surface area contributed by atoms with Crippen molar-refractivity contribution in [2.45, 2.75) is 57.9 Å². The Kier molecular flexibility index (Phi) is 5.51. The van der Waals surface area contributed by atoms with Gasteiger partial charge >= 0.3 is 0 Å². The van der Waals surface area contributed by atoms with Crippen LogP contribution in [0.3, 0.4) is 0 Å². The maximum Gasteiger partial charge on any atom is 0.245 e. The third-order valence-electron chi connectivity index (χ3n) is 5.66. The Labute approximate surface area is 178 Å². The van der Waals surface area contributed by atoms with E-state index in [2.05, 4.69) is 10.1 Å². The Morgan fingerprint density at radius 3 is 2.30 bits per heavy atom. The van der Waals surface area contributed by atoms with Gasteiger partial charge in [0.25, 0.3) is 0 Å². The number of hydrogen-bond acceptors (Lipinski definition) is 5. The minimum atomic E-state index is -3.69. The van der Waals surface area contributed by atoms with Crippen LogP contribution >= 0.6 is 0 Å². The van der Waals surface area contributed by atoms with Gasteiger partial charge < -0.3 is 4.52 Å². The smallest absolute Gasteiger partial charge is 0.245 e. The highest BCUT2D eigenvalue weighted by atomic mass is 32.2. The van der Waals surface area contributed by atoms with Crippen molar-refractivity contribution < 1.29 is 12.9 Å². The predicted octanol–water partition coefficient (Wildman–Crippen LogP) is 4.89. The molecular weight excluding hydrogens is 398 g/mol. The highest BCUT2D eigenvalue weighted by molar-refractivity contribution is 7.89. The van der Waals surface area contributed by atoms with Gasteiger partial charge in [-0.1, -0.05) is 59.1 Å². The topological polar surface area (TPSA) is 76.3 Å². The van der Waals surface area contributed by atoms with Crippen LogP contribution in [0.2, 0.25) is 0 Å². The molecule has 0 saturated carbocycles. The zero-order chi connectivity index (χ0) is 21.5. The summed E-state index contributed by atoms with van der Waals surface area (Å²) in [6.07, 6.45) is 2.40. The molecule has 1 aliphatic heterocycles. The van der Waals surface area contributed by atoms with Crippen molar-refractivity contribution in [1.29, 1.82) is 0 Å². The van der Waals surface area contributed by atoms with Crippen LogP contribution < -0.4 is 0 Å². The molecule has 0 bridgehead atoms. The molecule has 1 atom stereocenters. The monoisotopic (exact) mass is 425 g/mol. The van der Waals surface area contributed by atoms with Crippen LogP contribution in [0.4, 0.5) is 0 Å². The summed E-state index contributed by atoms with van der Waals surface area (Å²) in [5, 5.41) is 4.12. The fourth-order valence-electron chi connectivity index (χ4n) is 4.32. The summed E-state index contributed by atoms with van der Waals surface area (Å²) in [7, 11) is -3.69. The summed E-state index contributed by atoms with van der Waals surface area (Å²) in [5.41, 5.74) is 4.59. The fourth-order valence-corrected chi connectivity index (χ4v) is 6.39. The maximum absolute atomic E-state index is 13.7. The lowest BCUT2D eigenvalue weighted by Crippen LogP contribution is -2.39. The van der Waals surface area contributed by atoms with Crippen molar-refractivity contribution in [1.82, 2.24) is 14.4 Å². The van der Waals surface area contributed by atoms with Gasteiger partial charge in [0.15, 0.2) is 0 Å². The molecule has 3 aromatic rings. The van der Waals surface area contributed by atoms with Crippen LogP contribution in [-0.2, 0) is 10.0 Å². The van der Waals surface area contributed by atoms with Crippen molar-refractivity contribution in [2.75, 3.05) is 6.54 Å². The first-order valence-electron chi connectivity index (χ1n) is 10.3. The van der Waals surface area contributed by atoms with Gasteiger partial charge in [-0.2, -0.15) is 9.29 Å². The Balaban J connectivity index is 1.71. The molecule has 4 rings (SSSR count). The van der Waals surface area contributed by atoms with Gasteiger partial charge in [0.1, 0.15) is 6.04 Å². The first-order valence-corrected chi connectivity index (χ1v) is 11.7. The lowest BCUT2D eigenvalue weighted by atomic mass is 10.1. The maximum atomic E-state index is 13.7. The summed E-state index contributed by atoms with van der Waals surface area (Å²) in [6.45, 7) is 8.15. The number of rotatable bonds is 4. The molecule has 30 heavy (non-hydrogen) atoms. The molecule has 1 aliphatic rings. The van der Waals surface area contributed by atoms with Gasteiger partial charge in [0.2, 0.25) is 21.7 Å². The summed E-state index contributed by atoms with van der Waals surface area (Å²) >= 11 is 0. The molecule has 1 aromatic heterocycles. The second-order valence-electron chi connectivity index (χ2n) is 8.18. The van der Waals surface area contributed by atoms with Crippen molar-refractivity contribution in [3.8, 4) is 11.4 Å². The van der Waals surface area contributed by atoms with E-state index in [-0.39, 0.29) is 0 Å². The van der Waals surface area contributed by atoms with E-state index in [0.717, 1.165) is 40.7 Å². The van der Waals surface area contributed by atoms with E-state index < -0.39 is 16.1 Å². The van der Waals surface area contributed by atoms with Gasteiger partial charge in [0, 0.05) is 12.1 Å². The van der Waals surface area contributed by atoms with Crippen molar-refractivity contribution in [2.24, 2.45) is 0 Å². The zero-order valence-corrected chi connectivity index (χ0v) is 18.7. The SMILES string of the molecule is Cc1ccc(-c2noc(C3CCCCN3S(=O)(=O)c3c(C)cc(C)cc3C)n2)cc1.